The number of rotatable bonds is 2. The maximum Gasteiger partial charge on any atom is 0.368 e. The van der Waals surface area contributed by atoms with Crippen LogP contribution in [0.15, 0.2) is 16.6 Å². The second-order valence-corrected chi connectivity index (χ2v) is 2.86. The van der Waals surface area contributed by atoms with Gasteiger partial charge < -0.3 is 14.9 Å². The fraction of sp³-hybridized carbons (Fsp3) is 0.167. The van der Waals surface area contributed by atoms with Crippen LogP contribution in [-0.2, 0) is 0 Å². The Bertz CT molecular complexity index is 316. The van der Waals surface area contributed by atoms with Crippen LogP contribution in [-0.4, -0.2) is 17.0 Å². The molecule has 0 spiro atoms. The van der Waals surface area contributed by atoms with Crippen molar-refractivity contribution in [1.29, 1.82) is 0 Å². The molecule has 0 atom stereocenters. The normalized spacial score (nSPS) is 9.50. The van der Waals surface area contributed by atoms with Gasteiger partial charge in [-0.1, -0.05) is 15.9 Å². The van der Waals surface area contributed by atoms with E-state index in [0.29, 0.717) is 4.47 Å². The van der Waals surface area contributed by atoms with Gasteiger partial charge in [0.05, 0.1) is 13.2 Å². The molecule has 0 aliphatic rings. The van der Waals surface area contributed by atoms with Crippen LogP contribution in [0.4, 0.5) is 5.82 Å². The number of hydrogen-bond acceptors (Lipinski definition) is 4. The minimum atomic E-state index is -0.576. The van der Waals surface area contributed by atoms with E-state index in [1.165, 1.54) is 13.2 Å². The Labute approximate surface area is 76.7 Å². The molecule has 1 aromatic heterocycles. The third kappa shape index (κ3) is 1.91. The molecule has 0 radical (unpaired) electrons. The standard InChI is InChI=1S/C6H5BrN2O3/c1-12-6-3-4(7)2-5(8-6)9(10)11/h2-3H,1H3. The fourth-order valence-corrected chi connectivity index (χ4v) is 1.06. The van der Waals surface area contributed by atoms with E-state index in [2.05, 4.69) is 20.9 Å². The number of nitro groups is 1. The Balaban J connectivity index is 3.15. The topological polar surface area (TPSA) is 65.3 Å². The molecule has 1 aromatic rings. The molecule has 0 fully saturated rings. The number of aromatic nitrogens is 1. The molecule has 0 saturated heterocycles. The Morgan fingerprint density at radius 1 is 1.67 bits per heavy atom. The highest BCUT2D eigenvalue weighted by Crippen LogP contribution is 2.21. The van der Waals surface area contributed by atoms with Gasteiger partial charge in [0.25, 0.3) is 0 Å². The van der Waals surface area contributed by atoms with E-state index in [1.54, 1.807) is 6.07 Å². The summed E-state index contributed by atoms with van der Waals surface area (Å²) in [5, 5.41) is 10.3. The Kier molecular flexibility index (Phi) is 2.59. The quantitative estimate of drug-likeness (QED) is 0.576. The van der Waals surface area contributed by atoms with Gasteiger partial charge in [0.2, 0.25) is 0 Å². The van der Waals surface area contributed by atoms with Crippen LogP contribution in [0.25, 0.3) is 0 Å². The first-order valence-corrected chi connectivity index (χ1v) is 3.79. The first kappa shape index (κ1) is 8.92. The molecule has 6 heteroatoms. The van der Waals surface area contributed by atoms with Crippen molar-refractivity contribution in [2.75, 3.05) is 7.11 Å². The molecule has 5 nitrogen and oxygen atoms in total. The third-order valence-corrected chi connectivity index (χ3v) is 1.61. The summed E-state index contributed by atoms with van der Waals surface area (Å²) in [5.74, 6) is -0.0164. The maximum atomic E-state index is 10.3. The minimum Gasteiger partial charge on any atom is -0.463 e. The molecule has 0 N–H and O–H groups in total. The van der Waals surface area contributed by atoms with E-state index < -0.39 is 4.92 Å². The summed E-state index contributed by atoms with van der Waals surface area (Å²) < 4.78 is 5.31. The molecule has 0 aliphatic carbocycles. The second-order valence-electron chi connectivity index (χ2n) is 1.94. The van der Waals surface area contributed by atoms with Gasteiger partial charge in [0.15, 0.2) is 0 Å². The van der Waals surface area contributed by atoms with Gasteiger partial charge in [-0.3, -0.25) is 0 Å². The van der Waals surface area contributed by atoms with Crippen molar-refractivity contribution in [3.63, 3.8) is 0 Å². The van der Waals surface area contributed by atoms with E-state index >= 15 is 0 Å². The molecular weight excluding hydrogens is 228 g/mol. The first-order chi connectivity index (χ1) is 5.63. The van der Waals surface area contributed by atoms with Crippen molar-refractivity contribution >= 4 is 21.7 Å². The average molecular weight is 233 g/mol. The highest BCUT2D eigenvalue weighted by atomic mass is 79.9. The van der Waals surface area contributed by atoms with Gasteiger partial charge in [0.1, 0.15) is 0 Å². The molecular formula is C6H5BrN2O3. The second kappa shape index (κ2) is 3.48. The van der Waals surface area contributed by atoms with Crippen LogP contribution < -0.4 is 4.74 Å². The van der Waals surface area contributed by atoms with Gasteiger partial charge in [-0.15, -0.1) is 0 Å². The van der Waals surface area contributed by atoms with Gasteiger partial charge in [-0.25, -0.2) is 0 Å². The van der Waals surface area contributed by atoms with E-state index in [0.717, 1.165) is 0 Å². The van der Waals surface area contributed by atoms with Gasteiger partial charge >= 0.3 is 11.7 Å². The monoisotopic (exact) mass is 232 g/mol. The zero-order chi connectivity index (χ0) is 9.14. The fourth-order valence-electron chi connectivity index (χ4n) is 0.659. The van der Waals surface area contributed by atoms with Crippen LogP contribution in [0.5, 0.6) is 5.88 Å². The molecule has 0 aliphatic heterocycles. The van der Waals surface area contributed by atoms with Crippen LogP contribution in [0, 0.1) is 10.1 Å². The SMILES string of the molecule is COc1cc(Br)cc([N+](=O)[O-])n1. The summed E-state index contributed by atoms with van der Waals surface area (Å²) >= 11 is 3.10. The van der Waals surface area contributed by atoms with E-state index in [1.807, 2.05) is 0 Å². The highest BCUT2D eigenvalue weighted by Gasteiger charge is 2.11. The number of ether oxygens (including phenoxy) is 1. The number of methoxy groups -OCH3 is 1. The predicted octanol–water partition coefficient (Wildman–Crippen LogP) is 1.76. The van der Waals surface area contributed by atoms with Gasteiger partial charge in [-0.2, -0.15) is 0 Å². The Morgan fingerprint density at radius 2 is 2.33 bits per heavy atom. The summed E-state index contributed by atoms with van der Waals surface area (Å²) in [6, 6.07) is 2.86. The van der Waals surface area contributed by atoms with Gasteiger partial charge in [-0.05, 0) is 4.92 Å². The van der Waals surface area contributed by atoms with Crippen molar-refractivity contribution in [3.05, 3.63) is 26.7 Å². The summed E-state index contributed by atoms with van der Waals surface area (Å²) in [6.45, 7) is 0. The van der Waals surface area contributed by atoms with Crippen LogP contribution in [0.3, 0.4) is 0 Å². The average Bonchev–Trinajstić information content (AvgIpc) is 2.03. The Hall–Kier alpha value is -1.17. The zero-order valence-corrected chi connectivity index (χ0v) is 7.74. The third-order valence-electron chi connectivity index (χ3n) is 1.15. The summed E-state index contributed by atoms with van der Waals surface area (Å²) in [5.41, 5.74) is 0. The van der Waals surface area contributed by atoms with E-state index in [9.17, 15) is 10.1 Å². The number of hydrogen-bond donors (Lipinski definition) is 0. The van der Waals surface area contributed by atoms with Crippen LogP contribution in [0.2, 0.25) is 0 Å². The summed E-state index contributed by atoms with van der Waals surface area (Å²) in [4.78, 5) is 13.3. The van der Waals surface area contributed by atoms with Gasteiger partial charge in [0, 0.05) is 15.5 Å². The molecule has 0 unspecified atom stereocenters. The molecule has 1 heterocycles. The molecule has 1 rings (SSSR count). The van der Waals surface area contributed by atoms with Crippen molar-refractivity contribution < 1.29 is 9.66 Å². The van der Waals surface area contributed by atoms with Crippen molar-refractivity contribution in [1.82, 2.24) is 4.98 Å². The molecule has 0 amide bonds. The molecule has 12 heavy (non-hydrogen) atoms. The van der Waals surface area contributed by atoms with Crippen molar-refractivity contribution in [2.45, 2.75) is 0 Å². The van der Waals surface area contributed by atoms with Crippen molar-refractivity contribution in [3.8, 4) is 5.88 Å². The molecule has 0 saturated carbocycles. The lowest BCUT2D eigenvalue weighted by Crippen LogP contribution is -1.94. The highest BCUT2D eigenvalue weighted by molar-refractivity contribution is 9.10. The maximum absolute atomic E-state index is 10.3. The van der Waals surface area contributed by atoms with Crippen LogP contribution in [0.1, 0.15) is 0 Å². The lowest BCUT2D eigenvalue weighted by molar-refractivity contribution is -0.389. The smallest absolute Gasteiger partial charge is 0.368 e. The summed E-state index contributed by atoms with van der Waals surface area (Å²) in [7, 11) is 1.40. The Morgan fingerprint density at radius 3 is 2.83 bits per heavy atom. The number of nitrogens with zero attached hydrogens (tertiary/aromatic N) is 2. The van der Waals surface area contributed by atoms with Crippen molar-refractivity contribution in [2.24, 2.45) is 0 Å². The summed E-state index contributed by atoms with van der Waals surface area (Å²) in [6.07, 6.45) is 0. The minimum absolute atomic E-state index is 0.219. The molecule has 0 bridgehead atoms. The molecule has 64 valence electrons. The zero-order valence-electron chi connectivity index (χ0n) is 6.15. The largest absolute Gasteiger partial charge is 0.463 e. The number of pyridine rings is 1. The van der Waals surface area contributed by atoms with Crippen LogP contribution >= 0.6 is 15.9 Å². The lowest BCUT2D eigenvalue weighted by Gasteiger charge is -1.95. The number of halogens is 1. The van der Waals surface area contributed by atoms with E-state index in [4.69, 9.17) is 4.74 Å². The molecule has 0 aromatic carbocycles. The lowest BCUT2D eigenvalue weighted by atomic mass is 10.4. The predicted molar refractivity (Wildman–Crippen MR) is 45.1 cm³/mol. The first-order valence-electron chi connectivity index (χ1n) is 2.99. The van der Waals surface area contributed by atoms with E-state index in [-0.39, 0.29) is 11.7 Å².